The molecule has 1 fully saturated rings. The summed E-state index contributed by atoms with van der Waals surface area (Å²) in [5.74, 6) is 0.0930. The van der Waals surface area contributed by atoms with Crippen molar-refractivity contribution in [2.24, 2.45) is 0 Å². The summed E-state index contributed by atoms with van der Waals surface area (Å²) in [5, 5.41) is 14.9. The number of rotatable bonds is 5. The second-order valence-corrected chi connectivity index (χ2v) is 3.55. The fourth-order valence-electron chi connectivity index (χ4n) is 1.43. The molecule has 4 nitrogen and oxygen atoms in total. The van der Waals surface area contributed by atoms with Crippen molar-refractivity contribution in [1.82, 2.24) is 10.6 Å². The van der Waals surface area contributed by atoms with Crippen molar-refractivity contribution in [2.45, 2.75) is 37.8 Å². The van der Waals surface area contributed by atoms with Gasteiger partial charge in [-0.05, 0) is 25.8 Å². The first kappa shape index (κ1) is 10.5. The Morgan fingerprint density at radius 2 is 2.23 bits per heavy atom. The number of amides is 1. The van der Waals surface area contributed by atoms with Crippen LogP contribution in [0.5, 0.6) is 0 Å². The Morgan fingerprint density at radius 1 is 1.54 bits per heavy atom. The van der Waals surface area contributed by atoms with E-state index < -0.39 is 0 Å². The normalized spacial score (nSPS) is 26.6. The zero-order valence-corrected chi connectivity index (χ0v) is 8.05. The van der Waals surface area contributed by atoms with Gasteiger partial charge in [-0.1, -0.05) is 0 Å². The highest BCUT2D eigenvalue weighted by atomic mass is 16.3. The summed E-state index contributed by atoms with van der Waals surface area (Å²) in [5.41, 5.74) is 0. The Kier molecular flexibility index (Phi) is 4.18. The third kappa shape index (κ3) is 3.74. The summed E-state index contributed by atoms with van der Waals surface area (Å²) in [6.45, 7) is 0.866. The molecule has 1 rings (SSSR count). The zero-order valence-electron chi connectivity index (χ0n) is 8.05. The number of aliphatic hydroxyl groups excluding tert-OH is 1. The molecule has 0 aromatic heterocycles. The fourth-order valence-corrected chi connectivity index (χ4v) is 1.43. The van der Waals surface area contributed by atoms with Gasteiger partial charge < -0.3 is 15.7 Å². The standard InChI is InChI=1S/C9H18N2O2/c1-10-9(13)3-2-4-11-7-5-8(12)6-7/h7-8,11-12H,2-6H2,1H3,(H,10,13). The minimum Gasteiger partial charge on any atom is -0.393 e. The molecule has 1 saturated carbocycles. The number of aliphatic hydroxyl groups is 1. The lowest BCUT2D eigenvalue weighted by Crippen LogP contribution is -2.44. The molecular weight excluding hydrogens is 168 g/mol. The first-order chi connectivity index (χ1) is 6.22. The average molecular weight is 186 g/mol. The minimum atomic E-state index is -0.101. The van der Waals surface area contributed by atoms with Gasteiger partial charge in [-0.3, -0.25) is 4.79 Å². The quantitative estimate of drug-likeness (QED) is 0.513. The largest absolute Gasteiger partial charge is 0.393 e. The third-order valence-corrected chi connectivity index (χ3v) is 2.41. The van der Waals surface area contributed by atoms with Crippen molar-refractivity contribution in [2.75, 3.05) is 13.6 Å². The number of hydrogen-bond acceptors (Lipinski definition) is 3. The van der Waals surface area contributed by atoms with E-state index in [1.165, 1.54) is 0 Å². The maximum Gasteiger partial charge on any atom is 0.219 e. The van der Waals surface area contributed by atoms with Gasteiger partial charge in [0.05, 0.1) is 6.10 Å². The predicted octanol–water partition coefficient (Wildman–Crippen LogP) is -0.374. The summed E-state index contributed by atoms with van der Waals surface area (Å²) in [7, 11) is 1.65. The molecule has 0 aliphatic heterocycles. The van der Waals surface area contributed by atoms with Crippen molar-refractivity contribution >= 4 is 5.91 Å². The van der Waals surface area contributed by atoms with Gasteiger partial charge in [-0.25, -0.2) is 0 Å². The van der Waals surface area contributed by atoms with E-state index in [1.807, 2.05) is 0 Å². The minimum absolute atomic E-state index is 0.0930. The highest BCUT2D eigenvalue weighted by molar-refractivity contribution is 5.75. The van der Waals surface area contributed by atoms with E-state index in [1.54, 1.807) is 7.05 Å². The molecule has 4 heteroatoms. The highest BCUT2D eigenvalue weighted by Crippen LogP contribution is 2.18. The van der Waals surface area contributed by atoms with Crippen LogP contribution in [0.4, 0.5) is 0 Å². The van der Waals surface area contributed by atoms with Crippen LogP contribution in [0.25, 0.3) is 0 Å². The van der Waals surface area contributed by atoms with E-state index in [2.05, 4.69) is 10.6 Å². The number of hydrogen-bond donors (Lipinski definition) is 3. The average Bonchev–Trinajstić information content (AvgIpc) is 2.08. The summed E-state index contributed by atoms with van der Waals surface area (Å²) in [6, 6.07) is 0.472. The van der Waals surface area contributed by atoms with E-state index in [4.69, 9.17) is 5.11 Å². The van der Waals surface area contributed by atoms with Crippen LogP contribution in [0.1, 0.15) is 25.7 Å². The summed E-state index contributed by atoms with van der Waals surface area (Å²) in [6.07, 6.45) is 3.07. The molecule has 0 heterocycles. The lowest BCUT2D eigenvalue weighted by Gasteiger charge is -2.32. The molecule has 0 atom stereocenters. The van der Waals surface area contributed by atoms with Gasteiger partial charge in [0.1, 0.15) is 0 Å². The molecule has 76 valence electrons. The van der Waals surface area contributed by atoms with Crippen molar-refractivity contribution in [3.63, 3.8) is 0 Å². The van der Waals surface area contributed by atoms with Gasteiger partial charge in [0, 0.05) is 19.5 Å². The van der Waals surface area contributed by atoms with Gasteiger partial charge >= 0.3 is 0 Å². The summed E-state index contributed by atoms with van der Waals surface area (Å²) >= 11 is 0. The first-order valence-corrected chi connectivity index (χ1v) is 4.84. The fraction of sp³-hybridized carbons (Fsp3) is 0.889. The Bertz CT molecular complexity index is 167. The Morgan fingerprint density at radius 3 is 2.77 bits per heavy atom. The number of nitrogens with one attached hydrogen (secondary N) is 2. The molecule has 1 amide bonds. The molecule has 0 unspecified atom stereocenters. The molecule has 1 aliphatic carbocycles. The van der Waals surface area contributed by atoms with E-state index in [-0.39, 0.29) is 12.0 Å². The van der Waals surface area contributed by atoms with Gasteiger partial charge in [0.15, 0.2) is 0 Å². The van der Waals surface area contributed by atoms with Crippen molar-refractivity contribution in [1.29, 1.82) is 0 Å². The maximum atomic E-state index is 10.8. The van der Waals surface area contributed by atoms with Crippen LogP contribution in [0.3, 0.4) is 0 Å². The van der Waals surface area contributed by atoms with Gasteiger partial charge in [0.2, 0.25) is 5.91 Å². The molecule has 13 heavy (non-hydrogen) atoms. The van der Waals surface area contributed by atoms with E-state index in [0.29, 0.717) is 12.5 Å². The SMILES string of the molecule is CNC(=O)CCCNC1CC(O)C1. The summed E-state index contributed by atoms with van der Waals surface area (Å²) in [4.78, 5) is 10.8. The second kappa shape index (κ2) is 5.19. The Labute approximate surface area is 78.7 Å². The second-order valence-electron chi connectivity index (χ2n) is 3.55. The number of carbonyl (C=O) groups excluding carboxylic acids is 1. The smallest absolute Gasteiger partial charge is 0.219 e. The molecule has 0 aromatic rings. The van der Waals surface area contributed by atoms with E-state index in [9.17, 15) is 4.79 Å². The van der Waals surface area contributed by atoms with Crippen molar-refractivity contribution in [3.05, 3.63) is 0 Å². The summed E-state index contributed by atoms with van der Waals surface area (Å²) < 4.78 is 0. The van der Waals surface area contributed by atoms with Crippen LogP contribution < -0.4 is 10.6 Å². The van der Waals surface area contributed by atoms with Crippen LogP contribution in [0.15, 0.2) is 0 Å². The molecule has 0 aromatic carbocycles. The highest BCUT2D eigenvalue weighted by Gasteiger charge is 2.25. The predicted molar refractivity (Wildman–Crippen MR) is 50.3 cm³/mol. The van der Waals surface area contributed by atoms with Gasteiger partial charge in [-0.15, -0.1) is 0 Å². The molecule has 0 bridgehead atoms. The van der Waals surface area contributed by atoms with Crippen LogP contribution in [-0.2, 0) is 4.79 Å². The third-order valence-electron chi connectivity index (χ3n) is 2.41. The van der Waals surface area contributed by atoms with Gasteiger partial charge in [-0.2, -0.15) is 0 Å². The van der Waals surface area contributed by atoms with Crippen LogP contribution >= 0.6 is 0 Å². The topological polar surface area (TPSA) is 61.4 Å². The first-order valence-electron chi connectivity index (χ1n) is 4.84. The molecule has 0 saturated heterocycles. The number of carbonyl (C=O) groups is 1. The molecule has 0 spiro atoms. The molecule has 1 aliphatic rings. The maximum absolute atomic E-state index is 10.8. The van der Waals surface area contributed by atoms with Crippen LogP contribution in [-0.4, -0.2) is 36.8 Å². The monoisotopic (exact) mass is 186 g/mol. The molecule has 0 radical (unpaired) electrons. The lowest BCUT2D eigenvalue weighted by atomic mass is 9.89. The van der Waals surface area contributed by atoms with Crippen molar-refractivity contribution in [3.8, 4) is 0 Å². The van der Waals surface area contributed by atoms with E-state index >= 15 is 0 Å². The van der Waals surface area contributed by atoms with Crippen LogP contribution in [0.2, 0.25) is 0 Å². The lowest BCUT2D eigenvalue weighted by molar-refractivity contribution is -0.120. The van der Waals surface area contributed by atoms with E-state index in [0.717, 1.165) is 25.8 Å². The van der Waals surface area contributed by atoms with Crippen molar-refractivity contribution < 1.29 is 9.90 Å². The Hall–Kier alpha value is -0.610. The van der Waals surface area contributed by atoms with Gasteiger partial charge in [0.25, 0.3) is 0 Å². The molecular formula is C9H18N2O2. The molecule has 3 N–H and O–H groups in total. The van der Waals surface area contributed by atoms with Crippen LogP contribution in [0, 0.1) is 0 Å². The zero-order chi connectivity index (χ0) is 9.68. The Balaban J connectivity index is 1.87.